The minimum Gasteiger partial charge on any atom is -0.490 e. The summed E-state index contributed by atoms with van der Waals surface area (Å²) in [7, 11) is 0. The van der Waals surface area contributed by atoms with Crippen LogP contribution in [0.5, 0.6) is 11.5 Å². The predicted molar refractivity (Wildman–Crippen MR) is 94.3 cm³/mol. The second kappa shape index (κ2) is 7.82. The van der Waals surface area contributed by atoms with Gasteiger partial charge < -0.3 is 9.47 Å². The smallest absolute Gasteiger partial charge is 0.175 e. The van der Waals surface area contributed by atoms with Crippen LogP contribution in [0.1, 0.15) is 17.4 Å². The fourth-order valence-electron chi connectivity index (χ4n) is 1.67. The molecule has 0 bridgehead atoms. The van der Waals surface area contributed by atoms with Crippen molar-refractivity contribution in [2.75, 3.05) is 6.61 Å². The van der Waals surface area contributed by atoms with Gasteiger partial charge in [0, 0.05) is 10.2 Å². The van der Waals surface area contributed by atoms with Gasteiger partial charge in [0.25, 0.3) is 0 Å². The molecule has 0 aliphatic rings. The van der Waals surface area contributed by atoms with E-state index >= 15 is 0 Å². The Kier molecular flexibility index (Phi) is 6.39. The molecule has 0 radical (unpaired) electrons. The van der Waals surface area contributed by atoms with Gasteiger partial charge in [-0.2, -0.15) is 0 Å². The minimum absolute atomic E-state index is 0.530. The van der Waals surface area contributed by atoms with Crippen LogP contribution in [0.15, 0.2) is 32.5 Å². The fraction of sp³-hybridized carbons (Fsp3) is 0.286. The normalized spacial score (nSPS) is 10.6. The molecule has 6 heteroatoms. The Labute approximate surface area is 147 Å². The monoisotopic (exact) mass is 482 g/mol. The molecule has 2 rings (SSSR count). The van der Waals surface area contributed by atoms with Crippen LogP contribution in [-0.2, 0) is 11.9 Å². The maximum absolute atomic E-state index is 5.92. The Balaban J connectivity index is 2.20. The number of thiophene rings is 1. The van der Waals surface area contributed by atoms with Crippen LogP contribution in [0.25, 0.3) is 0 Å². The van der Waals surface area contributed by atoms with E-state index in [1.165, 1.54) is 0 Å². The van der Waals surface area contributed by atoms with Gasteiger partial charge in [0.15, 0.2) is 11.5 Å². The standard InChI is InChI=1S/C14H13Br3O2S/c1-2-18-12-6-9(7-15)5-11(16)14(12)19-8-10-3-4-13(17)20-10/h3-6H,2,7-8H2,1H3. The first-order valence-corrected chi connectivity index (χ1v) is 9.54. The predicted octanol–water partition coefficient (Wildman–Crippen LogP) is 6.15. The van der Waals surface area contributed by atoms with Gasteiger partial charge in [0.1, 0.15) is 6.61 Å². The van der Waals surface area contributed by atoms with Crippen molar-refractivity contribution >= 4 is 59.1 Å². The average molecular weight is 485 g/mol. The third-order valence-electron chi connectivity index (χ3n) is 2.51. The van der Waals surface area contributed by atoms with Crippen molar-refractivity contribution in [3.63, 3.8) is 0 Å². The molecular weight excluding hydrogens is 472 g/mol. The molecule has 2 nitrogen and oxygen atoms in total. The molecule has 20 heavy (non-hydrogen) atoms. The van der Waals surface area contributed by atoms with E-state index < -0.39 is 0 Å². The SMILES string of the molecule is CCOc1cc(CBr)cc(Br)c1OCc1ccc(Br)s1. The van der Waals surface area contributed by atoms with E-state index in [4.69, 9.17) is 9.47 Å². The number of alkyl halides is 1. The number of benzene rings is 1. The van der Waals surface area contributed by atoms with Gasteiger partial charge in [-0.25, -0.2) is 0 Å². The lowest BCUT2D eigenvalue weighted by atomic mass is 10.2. The molecule has 0 unspecified atom stereocenters. The Bertz CT molecular complexity index is 584. The summed E-state index contributed by atoms with van der Waals surface area (Å²) in [6.45, 7) is 3.11. The molecule has 1 aromatic heterocycles. The highest BCUT2D eigenvalue weighted by Gasteiger charge is 2.12. The number of ether oxygens (including phenoxy) is 2. The first-order valence-electron chi connectivity index (χ1n) is 6.02. The first kappa shape index (κ1) is 16.3. The highest BCUT2D eigenvalue weighted by Crippen LogP contribution is 2.38. The van der Waals surface area contributed by atoms with Crippen molar-refractivity contribution in [3.8, 4) is 11.5 Å². The molecule has 0 fully saturated rings. The van der Waals surface area contributed by atoms with Crippen LogP contribution in [-0.4, -0.2) is 6.61 Å². The van der Waals surface area contributed by atoms with E-state index in [1.54, 1.807) is 11.3 Å². The Morgan fingerprint density at radius 1 is 1.15 bits per heavy atom. The van der Waals surface area contributed by atoms with Crippen molar-refractivity contribution in [2.45, 2.75) is 18.9 Å². The summed E-state index contributed by atoms with van der Waals surface area (Å²) in [6.07, 6.45) is 0. The molecule has 0 saturated carbocycles. The summed E-state index contributed by atoms with van der Waals surface area (Å²) >= 11 is 12.1. The second-order valence-corrected chi connectivity index (χ2v) is 7.93. The summed E-state index contributed by atoms with van der Waals surface area (Å²) in [6, 6.07) is 8.12. The Morgan fingerprint density at radius 2 is 1.95 bits per heavy atom. The van der Waals surface area contributed by atoms with Gasteiger partial charge >= 0.3 is 0 Å². The topological polar surface area (TPSA) is 18.5 Å². The summed E-state index contributed by atoms with van der Waals surface area (Å²) in [5.41, 5.74) is 1.14. The maximum atomic E-state index is 5.92. The van der Waals surface area contributed by atoms with Crippen molar-refractivity contribution in [1.82, 2.24) is 0 Å². The number of halogens is 3. The average Bonchev–Trinajstić information content (AvgIpc) is 2.83. The molecular formula is C14H13Br3O2S. The quantitative estimate of drug-likeness (QED) is 0.458. The summed E-state index contributed by atoms with van der Waals surface area (Å²) in [5.74, 6) is 1.52. The fourth-order valence-corrected chi connectivity index (χ4v) is 4.00. The van der Waals surface area contributed by atoms with Crippen molar-refractivity contribution in [1.29, 1.82) is 0 Å². The van der Waals surface area contributed by atoms with E-state index in [0.29, 0.717) is 13.2 Å². The van der Waals surface area contributed by atoms with Crippen LogP contribution < -0.4 is 9.47 Å². The summed E-state index contributed by atoms with van der Waals surface area (Å²) < 4.78 is 13.6. The first-order chi connectivity index (χ1) is 9.63. The lowest BCUT2D eigenvalue weighted by Gasteiger charge is -2.14. The molecule has 0 aliphatic carbocycles. The molecule has 0 N–H and O–H groups in total. The molecule has 0 saturated heterocycles. The third-order valence-corrected chi connectivity index (χ3v) is 5.34. The number of rotatable bonds is 6. The lowest BCUT2D eigenvalue weighted by molar-refractivity contribution is 0.269. The van der Waals surface area contributed by atoms with Gasteiger partial charge in [-0.05, 0) is 68.6 Å². The van der Waals surface area contributed by atoms with E-state index in [0.717, 1.165) is 35.5 Å². The van der Waals surface area contributed by atoms with Gasteiger partial charge in [-0.15, -0.1) is 11.3 Å². The van der Waals surface area contributed by atoms with Crippen LogP contribution in [0.3, 0.4) is 0 Å². The van der Waals surface area contributed by atoms with E-state index in [1.807, 2.05) is 25.1 Å². The zero-order valence-electron chi connectivity index (χ0n) is 10.8. The molecule has 2 aromatic rings. The summed E-state index contributed by atoms with van der Waals surface area (Å²) in [4.78, 5) is 1.16. The molecule has 0 amide bonds. The van der Waals surface area contributed by atoms with E-state index in [9.17, 15) is 0 Å². The van der Waals surface area contributed by atoms with Crippen molar-refractivity contribution < 1.29 is 9.47 Å². The lowest BCUT2D eigenvalue weighted by Crippen LogP contribution is -2.00. The number of hydrogen-bond acceptors (Lipinski definition) is 3. The minimum atomic E-state index is 0.530. The van der Waals surface area contributed by atoms with Gasteiger partial charge in [0.05, 0.1) is 14.9 Å². The molecule has 1 aromatic carbocycles. The zero-order chi connectivity index (χ0) is 14.5. The third kappa shape index (κ3) is 4.23. The van der Waals surface area contributed by atoms with Crippen molar-refractivity contribution in [2.24, 2.45) is 0 Å². The van der Waals surface area contributed by atoms with Crippen LogP contribution in [0.2, 0.25) is 0 Å². The molecule has 0 spiro atoms. The van der Waals surface area contributed by atoms with Crippen LogP contribution in [0.4, 0.5) is 0 Å². The van der Waals surface area contributed by atoms with Gasteiger partial charge in [-0.3, -0.25) is 0 Å². The van der Waals surface area contributed by atoms with E-state index in [2.05, 4.69) is 53.9 Å². The van der Waals surface area contributed by atoms with Crippen LogP contribution in [0, 0.1) is 0 Å². The van der Waals surface area contributed by atoms with Gasteiger partial charge in [0.2, 0.25) is 0 Å². The van der Waals surface area contributed by atoms with Gasteiger partial charge in [-0.1, -0.05) is 15.9 Å². The maximum Gasteiger partial charge on any atom is 0.175 e. The van der Waals surface area contributed by atoms with E-state index in [-0.39, 0.29) is 0 Å². The molecule has 1 heterocycles. The molecule has 108 valence electrons. The Morgan fingerprint density at radius 3 is 2.55 bits per heavy atom. The van der Waals surface area contributed by atoms with Crippen LogP contribution >= 0.6 is 59.1 Å². The number of hydrogen-bond donors (Lipinski definition) is 0. The molecule has 0 atom stereocenters. The second-order valence-electron chi connectivity index (χ2n) is 3.97. The highest BCUT2D eigenvalue weighted by atomic mass is 79.9. The zero-order valence-corrected chi connectivity index (χ0v) is 16.4. The summed E-state index contributed by atoms with van der Waals surface area (Å²) in [5, 5.41) is 0.782. The highest BCUT2D eigenvalue weighted by molar-refractivity contribution is 9.11. The van der Waals surface area contributed by atoms with Crippen molar-refractivity contribution in [3.05, 3.63) is 43.0 Å². The largest absolute Gasteiger partial charge is 0.490 e. The molecule has 0 aliphatic heterocycles. The Hall–Kier alpha value is -0.0400.